The summed E-state index contributed by atoms with van der Waals surface area (Å²) in [5.41, 5.74) is 1.21. The van der Waals surface area contributed by atoms with E-state index < -0.39 is 12.0 Å². The van der Waals surface area contributed by atoms with Crippen LogP contribution in [-0.2, 0) is 9.53 Å². The zero-order valence-corrected chi connectivity index (χ0v) is 14.3. The first-order chi connectivity index (χ1) is 11.0. The molecule has 1 saturated heterocycles. The Morgan fingerprint density at radius 1 is 1.30 bits per heavy atom. The lowest BCUT2D eigenvalue weighted by Gasteiger charge is -2.34. The molecule has 0 spiro atoms. The molecule has 0 bridgehead atoms. The van der Waals surface area contributed by atoms with Crippen molar-refractivity contribution in [1.29, 1.82) is 0 Å². The molecule has 122 valence electrons. The van der Waals surface area contributed by atoms with Crippen LogP contribution in [0.3, 0.4) is 0 Å². The van der Waals surface area contributed by atoms with E-state index in [-0.39, 0.29) is 18.1 Å². The van der Waals surface area contributed by atoms with Crippen LogP contribution < -0.4 is 10.6 Å². The van der Waals surface area contributed by atoms with Crippen LogP contribution in [0.2, 0.25) is 0 Å². The van der Waals surface area contributed by atoms with Crippen LogP contribution in [0.25, 0.3) is 0 Å². The lowest BCUT2D eigenvalue weighted by Crippen LogP contribution is -2.51. The fourth-order valence-corrected chi connectivity index (χ4v) is 3.60. The van der Waals surface area contributed by atoms with Crippen molar-refractivity contribution in [2.24, 2.45) is 5.92 Å². The highest BCUT2D eigenvalue weighted by Gasteiger charge is 2.40. The second kappa shape index (κ2) is 6.74. The molecule has 1 heterocycles. The zero-order valence-electron chi connectivity index (χ0n) is 12.7. The molecule has 2 fully saturated rings. The van der Waals surface area contributed by atoms with Crippen LogP contribution in [0.4, 0.5) is 4.79 Å². The van der Waals surface area contributed by atoms with Gasteiger partial charge in [-0.25, -0.2) is 4.79 Å². The first kappa shape index (κ1) is 16.1. The van der Waals surface area contributed by atoms with Gasteiger partial charge in [0.1, 0.15) is 12.0 Å². The van der Waals surface area contributed by atoms with E-state index in [4.69, 9.17) is 4.74 Å². The first-order valence-corrected chi connectivity index (χ1v) is 8.56. The van der Waals surface area contributed by atoms with Gasteiger partial charge in [-0.15, -0.1) is 0 Å². The summed E-state index contributed by atoms with van der Waals surface area (Å²) in [6.07, 6.45) is 3.98. The second-order valence-electron chi connectivity index (χ2n) is 5.98. The van der Waals surface area contributed by atoms with Crippen molar-refractivity contribution in [1.82, 2.24) is 10.6 Å². The van der Waals surface area contributed by atoms with Gasteiger partial charge in [0.2, 0.25) is 0 Å². The molecule has 1 aromatic carbocycles. The highest BCUT2D eigenvalue weighted by Crippen LogP contribution is 2.33. The maximum absolute atomic E-state index is 12.7. The Balaban J connectivity index is 1.85. The van der Waals surface area contributed by atoms with E-state index in [1.54, 1.807) is 0 Å². The van der Waals surface area contributed by atoms with Crippen LogP contribution in [0.15, 0.2) is 41.0 Å². The average Bonchev–Trinajstić information content (AvgIpc) is 2.99. The van der Waals surface area contributed by atoms with Crippen molar-refractivity contribution in [2.75, 3.05) is 0 Å². The van der Waals surface area contributed by atoms with E-state index in [1.807, 2.05) is 24.3 Å². The summed E-state index contributed by atoms with van der Waals surface area (Å²) in [5.74, 6) is -0.970. The van der Waals surface area contributed by atoms with E-state index in [0.29, 0.717) is 5.70 Å². The summed E-state index contributed by atoms with van der Waals surface area (Å²) in [7, 11) is 0. The highest BCUT2D eigenvalue weighted by atomic mass is 79.9. The fraction of sp³-hybridized carbons (Fsp3) is 0.412. The third-order valence-electron chi connectivity index (χ3n) is 4.32. The largest absolute Gasteiger partial charge is 0.462 e. The average molecular weight is 379 g/mol. The molecule has 2 N–H and O–H groups in total. The number of carbonyl (C=O) groups is 2. The monoisotopic (exact) mass is 378 g/mol. The van der Waals surface area contributed by atoms with Crippen molar-refractivity contribution in [2.45, 2.75) is 37.8 Å². The normalized spacial score (nSPS) is 24.9. The third kappa shape index (κ3) is 3.58. The number of benzene rings is 1. The molecule has 0 radical (unpaired) electrons. The van der Waals surface area contributed by atoms with Gasteiger partial charge in [-0.3, -0.25) is 4.79 Å². The predicted octanol–water partition coefficient (Wildman–Crippen LogP) is 3.42. The third-order valence-corrected chi connectivity index (χ3v) is 4.81. The number of ether oxygens (including phenoxy) is 1. The van der Waals surface area contributed by atoms with Crippen LogP contribution in [-0.4, -0.2) is 18.1 Å². The molecular weight excluding hydrogens is 360 g/mol. The molecule has 2 aliphatic rings. The molecule has 1 saturated carbocycles. The van der Waals surface area contributed by atoms with Gasteiger partial charge in [-0.1, -0.05) is 34.6 Å². The Labute approximate surface area is 143 Å². The number of amides is 2. The number of rotatable bonds is 3. The van der Waals surface area contributed by atoms with Gasteiger partial charge >= 0.3 is 12.0 Å². The Morgan fingerprint density at radius 3 is 2.74 bits per heavy atom. The Hall–Kier alpha value is -1.82. The Bertz CT molecular complexity index is 640. The van der Waals surface area contributed by atoms with Crippen molar-refractivity contribution < 1.29 is 14.3 Å². The lowest BCUT2D eigenvalue weighted by molar-refractivity contribution is -0.153. The quantitative estimate of drug-likeness (QED) is 0.791. The molecule has 2 atom stereocenters. The van der Waals surface area contributed by atoms with Crippen LogP contribution >= 0.6 is 15.9 Å². The maximum atomic E-state index is 12.7. The van der Waals surface area contributed by atoms with E-state index in [0.717, 1.165) is 35.7 Å². The number of urea groups is 1. The molecule has 6 heteroatoms. The standard InChI is InChI=1S/C17H19BrN2O3/c1-10-14(16(21)23-13-7-2-3-8-13)15(20-17(22)19-10)11-5-4-6-12(18)9-11/h4-6,9,13-15H,1-3,7-8H2,(H2,19,20,22). The smallest absolute Gasteiger partial charge is 0.319 e. The summed E-state index contributed by atoms with van der Waals surface area (Å²) in [6.45, 7) is 3.86. The topological polar surface area (TPSA) is 67.4 Å². The molecule has 23 heavy (non-hydrogen) atoms. The molecule has 2 unspecified atom stereocenters. The molecule has 1 aliphatic heterocycles. The second-order valence-corrected chi connectivity index (χ2v) is 6.89. The number of carbonyl (C=O) groups excluding carboxylic acids is 2. The molecule has 5 nitrogen and oxygen atoms in total. The van der Waals surface area contributed by atoms with E-state index >= 15 is 0 Å². The minimum Gasteiger partial charge on any atom is -0.462 e. The summed E-state index contributed by atoms with van der Waals surface area (Å²) >= 11 is 3.42. The number of esters is 1. The van der Waals surface area contributed by atoms with Crippen molar-refractivity contribution >= 4 is 27.9 Å². The summed E-state index contributed by atoms with van der Waals surface area (Å²) in [6, 6.07) is 6.69. The predicted molar refractivity (Wildman–Crippen MR) is 89.5 cm³/mol. The van der Waals surface area contributed by atoms with Gasteiger partial charge in [0.15, 0.2) is 0 Å². The van der Waals surface area contributed by atoms with E-state index in [1.165, 1.54) is 0 Å². The lowest BCUT2D eigenvalue weighted by atomic mass is 9.89. The minimum atomic E-state index is -0.636. The molecule has 0 aromatic heterocycles. The number of hydrogen-bond donors (Lipinski definition) is 2. The van der Waals surface area contributed by atoms with Crippen molar-refractivity contribution in [3.05, 3.63) is 46.6 Å². The number of hydrogen-bond acceptors (Lipinski definition) is 3. The van der Waals surface area contributed by atoms with Gasteiger partial charge in [0.05, 0.1) is 6.04 Å². The van der Waals surface area contributed by atoms with Gasteiger partial charge in [-0.2, -0.15) is 0 Å². The minimum absolute atomic E-state index is 0.0175. The number of halogens is 1. The zero-order chi connectivity index (χ0) is 16.4. The van der Waals surface area contributed by atoms with Crippen molar-refractivity contribution in [3.63, 3.8) is 0 Å². The van der Waals surface area contributed by atoms with Gasteiger partial charge in [0, 0.05) is 10.2 Å². The van der Waals surface area contributed by atoms with Crippen LogP contribution in [0.5, 0.6) is 0 Å². The maximum Gasteiger partial charge on any atom is 0.319 e. The fourth-order valence-electron chi connectivity index (χ4n) is 3.18. The summed E-state index contributed by atoms with van der Waals surface area (Å²) in [5, 5.41) is 5.41. The van der Waals surface area contributed by atoms with Gasteiger partial charge in [0.25, 0.3) is 0 Å². The van der Waals surface area contributed by atoms with Gasteiger partial charge in [-0.05, 0) is 43.4 Å². The van der Waals surface area contributed by atoms with Gasteiger partial charge < -0.3 is 15.4 Å². The molecule has 1 aliphatic carbocycles. The molecular formula is C17H19BrN2O3. The summed E-state index contributed by atoms with van der Waals surface area (Å²) in [4.78, 5) is 24.5. The Morgan fingerprint density at radius 2 is 2.04 bits per heavy atom. The van der Waals surface area contributed by atoms with Crippen molar-refractivity contribution in [3.8, 4) is 0 Å². The SMILES string of the molecule is C=C1NC(=O)NC(c2cccc(Br)c2)C1C(=O)OC1CCCC1. The molecule has 1 aromatic rings. The van der Waals surface area contributed by atoms with E-state index in [2.05, 4.69) is 33.1 Å². The highest BCUT2D eigenvalue weighted by molar-refractivity contribution is 9.10. The number of nitrogens with one attached hydrogen (secondary N) is 2. The van der Waals surface area contributed by atoms with Crippen LogP contribution in [0.1, 0.15) is 37.3 Å². The molecule has 3 rings (SSSR count). The van der Waals surface area contributed by atoms with Crippen LogP contribution in [0, 0.1) is 5.92 Å². The first-order valence-electron chi connectivity index (χ1n) is 7.77. The van der Waals surface area contributed by atoms with E-state index in [9.17, 15) is 9.59 Å². The summed E-state index contributed by atoms with van der Waals surface area (Å²) < 4.78 is 6.52. The molecule has 2 amide bonds. The Kier molecular flexibility index (Phi) is 4.71.